The highest BCUT2D eigenvalue weighted by Crippen LogP contribution is 2.26. The molecule has 0 amide bonds. The van der Waals surface area contributed by atoms with E-state index in [0.29, 0.717) is 9.32 Å². The molecule has 2 rings (SSSR count). The van der Waals surface area contributed by atoms with Crippen LogP contribution in [0.25, 0.3) is 0 Å². The van der Waals surface area contributed by atoms with Crippen molar-refractivity contribution in [2.45, 2.75) is 13.8 Å². The molecule has 0 fully saturated rings. The number of benzene rings is 1. The number of aromatic amines is 1. The third-order valence-corrected chi connectivity index (χ3v) is 3.34. The number of nitrogens with zero attached hydrogens (tertiary/aromatic N) is 1. The number of nitrogens with two attached hydrogens (primary N) is 1. The first-order valence-corrected chi connectivity index (χ1v) is 6.35. The number of nitrogen functional groups attached to an aromatic ring is 1. The molecular formula is C12H12IN3O2. The molecule has 0 spiro atoms. The molecule has 0 unspecified atom stereocenters. The Balaban J connectivity index is 2.43. The molecule has 1 aromatic carbocycles. The van der Waals surface area contributed by atoms with Crippen LogP contribution in [0, 0.1) is 17.4 Å². The molecule has 0 bridgehead atoms. The van der Waals surface area contributed by atoms with Gasteiger partial charge in [0.2, 0.25) is 11.8 Å². The molecule has 0 radical (unpaired) electrons. The summed E-state index contributed by atoms with van der Waals surface area (Å²) in [7, 11) is 0. The fourth-order valence-electron chi connectivity index (χ4n) is 1.54. The summed E-state index contributed by atoms with van der Waals surface area (Å²) >= 11 is 1.88. The fourth-order valence-corrected chi connectivity index (χ4v) is 1.91. The van der Waals surface area contributed by atoms with Gasteiger partial charge in [0.1, 0.15) is 9.32 Å². The first kappa shape index (κ1) is 12.9. The summed E-state index contributed by atoms with van der Waals surface area (Å²) in [6.07, 6.45) is 0. The van der Waals surface area contributed by atoms with Gasteiger partial charge in [0.25, 0.3) is 5.56 Å². The van der Waals surface area contributed by atoms with Crippen molar-refractivity contribution in [2.75, 3.05) is 5.73 Å². The molecule has 18 heavy (non-hydrogen) atoms. The smallest absolute Gasteiger partial charge is 0.269 e. The Morgan fingerprint density at radius 1 is 1.39 bits per heavy atom. The number of nitrogens with one attached hydrogen (secondary N) is 1. The fraction of sp³-hybridized carbons (Fsp3) is 0.167. The van der Waals surface area contributed by atoms with Crippen molar-refractivity contribution >= 4 is 28.5 Å². The van der Waals surface area contributed by atoms with Gasteiger partial charge in [-0.3, -0.25) is 9.78 Å². The lowest BCUT2D eigenvalue weighted by Gasteiger charge is -2.09. The van der Waals surface area contributed by atoms with Gasteiger partial charge < -0.3 is 10.5 Å². The normalized spacial score (nSPS) is 10.4. The molecule has 0 aliphatic carbocycles. The predicted octanol–water partition coefficient (Wildman–Crippen LogP) is 2.37. The monoisotopic (exact) mass is 357 g/mol. The van der Waals surface area contributed by atoms with Gasteiger partial charge in [-0.25, -0.2) is 0 Å². The Morgan fingerprint density at radius 2 is 2.11 bits per heavy atom. The summed E-state index contributed by atoms with van der Waals surface area (Å²) < 4.78 is 6.01. The summed E-state index contributed by atoms with van der Waals surface area (Å²) in [6, 6.07) is 5.78. The van der Waals surface area contributed by atoms with Crippen molar-refractivity contribution in [1.29, 1.82) is 0 Å². The molecule has 0 aliphatic heterocycles. The van der Waals surface area contributed by atoms with E-state index in [1.807, 2.05) is 54.6 Å². The Labute approximate surface area is 118 Å². The van der Waals surface area contributed by atoms with E-state index >= 15 is 0 Å². The van der Waals surface area contributed by atoms with Gasteiger partial charge in [0, 0.05) is 0 Å². The van der Waals surface area contributed by atoms with Crippen molar-refractivity contribution in [3.63, 3.8) is 0 Å². The van der Waals surface area contributed by atoms with E-state index in [4.69, 9.17) is 10.5 Å². The van der Waals surface area contributed by atoms with Gasteiger partial charge in [0.05, 0.1) is 0 Å². The number of aryl methyl sites for hydroxylation is 2. The second-order valence-corrected chi connectivity index (χ2v) is 5.02. The van der Waals surface area contributed by atoms with Crippen LogP contribution in [-0.2, 0) is 0 Å². The van der Waals surface area contributed by atoms with E-state index in [1.165, 1.54) is 0 Å². The molecule has 5 nitrogen and oxygen atoms in total. The summed E-state index contributed by atoms with van der Waals surface area (Å²) in [5.74, 6) is 0.931. The maximum atomic E-state index is 11.5. The van der Waals surface area contributed by atoms with Gasteiger partial charge in [0.15, 0.2) is 0 Å². The lowest BCUT2D eigenvalue weighted by atomic mass is 10.1. The molecular weight excluding hydrogens is 345 g/mol. The van der Waals surface area contributed by atoms with Crippen LogP contribution < -0.4 is 16.0 Å². The summed E-state index contributed by atoms with van der Waals surface area (Å²) in [5, 5.41) is 0. The Morgan fingerprint density at radius 3 is 2.78 bits per heavy atom. The topological polar surface area (TPSA) is 81.0 Å². The third kappa shape index (κ3) is 2.63. The number of aromatic nitrogens is 2. The molecule has 0 atom stereocenters. The highest BCUT2D eigenvalue weighted by molar-refractivity contribution is 14.1. The molecule has 1 aromatic heterocycles. The zero-order valence-electron chi connectivity index (χ0n) is 9.95. The first-order chi connectivity index (χ1) is 8.47. The lowest BCUT2D eigenvalue weighted by molar-refractivity contribution is 0.454. The van der Waals surface area contributed by atoms with Gasteiger partial charge in [-0.15, -0.1) is 0 Å². The second kappa shape index (κ2) is 4.97. The summed E-state index contributed by atoms with van der Waals surface area (Å²) in [6.45, 7) is 3.94. The largest absolute Gasteiger partial charge is 0.437 e. The quantitative estimate of drug-likeness (QED) is 0.809. The van der Waals surface area contributed by atoms with E-state index in [9.17, 15) is 4.79 Å². The zero-order chi connectivity index (χ0) is 13.3. The number of hydrogen-bond donors (Lipinski definition) is 2. The standard InChI is InChI=1S/C12H12IN3O2/c1-6-3-4-8(7(2)5-6)18-11-9(13)10(17)15-12(14)16-11/h3-5H,1-2H3,(H3,14,15,16,17). The number of anilines is 1. The van der Waals surface area contributed by atoms with E-state index < -0.39 is 0 Å². The van der Waals surface area contributed by atoms with E-state index in [1.54, 1.807) is 0 Å². The molecule has 3 N–H and O–H groups in total. The van der Waals surface area contributed by atoms with Crippen molar-refractivity contribution in [3.8, 4) is 11.6 Å². The molecule has 1 heterocycles. The van der Waals surface area contributed by atoms with Gasteiger partial charge in [-0.2, -0.15) is 4.98 Å². The minimum atomic E-state index is -0.303. The number of halogens is 1. The minimum absolute atomic E-state index is 0.0418. The van der Waals surface area contributed by atoms with Crippen molar-refractivity contribution in [3.05, 3.63) is 43.2 Å². The maximum absolute atomic E-state index is 11.5. The second-order valence-electron chi connectivity index (χ2n) is 3.94. The summed E-state index contributed by atoms with van der Waals surface area (Å²) in [5.41, 5.74) is 7.32. The highest BCUT2D eigenvalue weighted by atomic mass is 127. The van der Waals surface area contributed by atoms with E-state index in [2.05, 4.69) is 9.97 Å². The predicted molar refractivity (Wildman–Crippen MR) is 78.0 cm³/mol. The van der Waals surface area contributed by atoms with E-state index in [0.717, 1.165) is 11.1 Å². The first-order valence-electron chi connectivity index (χ1n) is 5.28. The molecule has 0 saturated heterocycles. The highest BCUT2D eigenvalue weighted by Gasteiger charge is 2.11. The number of H-pyrrole nitrogens is 1. The number of ether oxygens (including phenoxy) is 1. The Bertz CT molecular complexity index is 652. The van der Waals surface area contributed by atoms with Crippen molar-refractivity contribution in [1.82, 2.24) is 9.97 Å². The molecule has 0 aliphatic rings. The van der Waals surface area contributed by atoms with Crippen LogP contribution >= 0.6 is 22.6 Å². The van der Waals surface area contributed by atoms with Crippen LogP contribution in [0.2, 0.25) is 0 Å². The minimum Gasteiger partial charge on any atom is -0.437 e. The van der Waals surface area contributed by atoms with Gasteiger partial charge in [-0.05, 0) is 48.1 Å². The van der Waals surface area contributed by atoms with Gasteiger partial charge in [-0.1, -0.05) is 17.7 Å². The van der Waals surface area contributed by atoms with Crippen LogP contribution in [-0.4, -0.2) is 9.97 Å². The van der Waals surface area contributed by atoms with E-state index in [-0.39, 0.29) is 17.4 Å². The van der Waals surface area contributed by atoms with Crippen molar-refractivity contribution < 1.29 is 4.74 Å². The lowest BCUT2D eigenvalue weighted by Crippen LogP contribution is -2.15. The van der Waals surface area contributed by atoms with Crippen LogP contribution in [0.1, 0.15) is 11.1 Å². The molecule has 2 aromatic rings. The Kier molecular flexibility index (Phi) is 3.55. The average Bonchev–Trinajstić information content (AvgIpc) is 2.29. The molecule has 94 valence electrons. The van der Waals surface area contributed by atoms with Crippen LogP contribution in [0.5, 0.6) is 11.6 Å². The van der Waals surface area contributed by atoms with Crippen LogP contribution in [0.4, 0.5) is 5.95 Å². The molecule has 6 heteroatoms. The van der Waals surface area contributed by atoms with Crippen LogP contribution in [0.15, 0.2) is 23.0 Å². The zero-order valence-corrected chi connectivity index (χ0v) is 12.1. The maximum Gasteiger partial charge on any atom is 0.269 e. The van der Waals surface area contributed by atoms with Crippen LogP contribution in [0.3, 0.4) is 0 Å². The average molecular weight is 357 g/mol. The SMILES string of the molecule is Cc1ccc(Oc2nc(N)[nH]c(=O)c2I)c(C)c1. The number of hydrogen-bond acceptors (Lipinski definition) is 4. The number of rotatable bonds is 2. The van der Waals surface area contributed by atoms with Crippen molar-refractivity contribution in [2.24, 2.45) is 0 Å². The molecule has 0 saturated carbocycles. The Hall–Kier alpha value is -1.57. The summed E-state index contributed by atoms with van der Waals surface area (Å²) in [4.78, 5) is 17.9. The third-order valence-electron chi connectivity index (χ3n) is 2.39. The van der Waals surface area contributed by atoms with Gasteiger partial charge >= 0.3 is 0 Å².